The molecule has 0 unspecified atom stereocenters. The van der Waals surface area contributed by atoms with Gasteiger partial charge in [-0.15, -0.1) is 0 Å². The number of carbonyl (C=O) groups is 2. The second-order valence-corrected chi connectivity index (χ2v) is 6.43. The van der Waals surface area contributed by atoms with Crippen LogP contribution in [0.4, 0.5) is 0 Å². The van der Waals surface area contributed by atoms with Gasteiger partial charge in [0.15, 0.2) is 0 Å². The Morgan fingerprint density at radius 2 is 1.56 bits per heavy atom. The minimum atomic E-state index is -0.555. The van der Waals surface area contributed by atoms with Crippen molar-refractivity contribution >= 4 is 11.8 Å². The summed E-state index contributed by atoms with van der Waals surface area (Å²) in [5, 5.41) is 2.98. The van der Waals surface area contributed by atoms with Crippen molar-refractivity contribution in [3.8, 4) is 0 Å². The van der Waals surface area contributed by atoms with E-state index in [0.717, 1.165) is 38.5 Å². The molecule has 4 nitrogen and oxygen atoms in total. The third kappa shape index (κ3) is 1.65. The van der Waals surface area contributed by atoms with Crippen LogP contribution in [0.15, 0.2) is 0 Å². The lowest BCUT2D eigenvalue weighted by Crippen LogP contribution is -2.69. The first-order valence-electron chi connectivity index (χ1n) is 7.19. The van der Waals surface area contributed by atoms with E-state index in [9.17, 15) is 9.59 Å². The number of nitrogens with zero attached hydrogens (tertiary/aromatic N) is 1. The molecule has 3 rings (SSSR count). The molecule has 0 radical (unpaired) electrons. The fourth-order valence-electron chi connectivity index (χ4n) is 3.99. The van der Waals surface area contributed by atoms with Crippen molar-refractivity contribution in [1.82, 2.24) is 10.2 Å². The Bertz CT molecular complexity index is 379. The number of piperazine rings is 1. The minimum Gasteiger partial charge on any atom is -0.340 e. The average molecular weight is 250 g/mol. The Kier molecular flexibility index (Phi) is 2.65. The van der Waals surface area contributed by atoms with Crippen molar-refractivity contribution in [2.75, 3.05) is 6.54 Å². The second-order valence-electron chi connectivity index (χ2n) is 6.43. The molecule has 3 aliphatic rings. The van der Waals surface area contributed by atoms with Crippen LogP contribution in [0.25, 0.3) is 0 Å². The third-order valence-corrected chi connectivity index (χ3v) is 5.12. The molecule has 1 N–H and O–H groups in total. The van der Waals surface area contributed by atoms with Crippen molar-refractivity contribution in [2.45, 2.75) is 69.4 Å². The molecule has 0 aromatic rings. The number of rotatable bonds is 1. The predicted octanol–water partition coefficient (Wildman–Crippen LogP) is 1.59. The Morgan fingerprint density at radius 1 is 1.00 bits per heavy atom. The summed E-state index contributed by atoms with van der Waals surface area (Å²) < 4.78 is 0. The van der Waals surface area contributed by atoms with Gasteiger partial charge in [0.05, 0.1) is 0 Å². The van der Waals surface area contributed by atoms with Crippen LogP contribution in [0.1, 0.15) is 58.3 Å². The van der Waals surface area contributed by atoms with Crippen molar-refractivity contribution in [1.29, 1.82) is 0 Å². The molecule has 0 bridgehead atoms. The number of hydrogen-bond donors (Lipinski definition) is 1. The topological polar surface area (TPSA) is 49.4 Å². The average Bonchev–Trinajstić information content (AvgIpc) is 2.95. The maximum atomic E-state index is 12.8. The largest absolute Gasteiger partial charge is 0.340 e. The van der Waals surface area contributed by atoms with Crippen molar-refractivity contribution in [3.63, 3.8) is 0 Å². The lowest BCUT2D eigenvalue weighted by molar-refractivity contribution is -0.155. The molecule has 2 aliphatic carbocycles. The van der Waals surface area contributed by atoms with Gasteiger partial charge in [-0.1, -0.05) is 25.7 Å². The van der Waals surface area contributed by atoms with Crippen LogP contribution >= 0.6 is 0 Å². The van der Waals surface area contributed by atoms with E-state index in [-0.39, 0.29) is 23.9 Å². The first-order valence-corrected chi connectivity index (χ1v) is 7.19. The monoisotopic (exact) mass is 250 g/mol. The highest BCUT2D eigenvalue weighted by molar-refractivity contribution is 5.98. The van der Waals surface area contributed by atoms with E-state index in [4.69, 9.17) is 0 Å². The Hall–Kier alpha value is -1.06. The van der Waals surface area contributed by atoms with Crippen LogP contribution in [-0.4, -0.2) is 34.3 Å². The molecular weight excluding hydrogens is 228 g/mol. The summed E-state index contributed by atoms with van der Waals surface area (Å²) in [4.78, 5) is 26.7. The quantitative estimate of drug-likeness (QED) is 0.768. The third-order valence-electron chi connectivity index (χ3n) is 5.12. The molecule has 0 atom stereocenters. The highest BCUT2D eigenvalue weighted by atomic mass is 16.2. The molecule has 0 aromatic carbocycles. The van der Waals surface area contributed by atoms with E-state index in [1.165, 1.54) is 12.8 Å². The zero-order chi connectivity index (χ0) is 12.8. The summed E-state index contributed by atoms with van der Waals surface area (Å²) in [6.07, 6.45) is 8.19. The summed E-state index contributed by atoms with van der Waals surface area (Å²) in [6.45, 7) is 2.41. The fourth-order valence-corrected chi connectivity index (χ4v) is 3.99. The fraction of sp³-hybridized carbons (Fsp3) is 0.857. The zero-order valence-electron chi connectivity index (χ0n) is 11.1. The van der Waals surface area contributed by atoms with Crippen molar-refractivity contribution < 1.29 is 9.59 Å². The summed E-state index contributed by atoms with van der Waals surface area (Å²) in [7, 11) is 0. The highest BCUT2D eigenvalue weighted by Crippen LogP contribution is 2.40. The second kappa shape index (κ2) is 3.97. The Labute approximate surface area is 108 Å². The first-order chi connectivity index (χ1) is 8.56. The van der Waals surface area contributed by atoms with Crippen LogP contribution in [0.2, 0.25) is 0 Å². The van der Waals surface area contributed by atoms with E-state index in [1.807, 2.05) is 4.90 Å². The minimum absolute atomic E-state index is 0.0321. The van der Waals surface area contributed by atoms with Gasteiger partial charge in [-0.05, 0) is 32.6 Å². The van der Waals surface area contributed by atoms with Gasteiger partial charge in [0.1, 0.15) is 12.1 Å². The number of amides is 2. The standard InChI is InChI=1S/C14H22N2O2/c1-13(6-2-3-7-13)16-10-11(17)15-14(12(16)18)8-4-5-9-14/h2-10H2,1H3,(H,15,17). The van der Waals surface area contributed by atoms with E-state index >= 15 is 0 Å². The van der Waals surface area contributed by atoms with E-state index < -0.39 is 5.54 Å². The Balaban J connectivity index is 1.90. The highest BCUT2D eigenvalue weighted by Gasteiger charge is 2.52. The van der Waals surface area contributed by atoms with E-state index in [0.29, 0.717) is 0 Å². The zero-order valence-corrected chi connectivity index (χ0v) is 11.1. The number of hydrogen-bond acceptors (Lipinski definition) is 2. The maximum Gasteiger partial charge on any atom is 0.249 e. The molecule has 1 heterocycles. The van der Waals surface area contributed by atoms with Crippen LogP contribution in [-0.2, 0) is 9.59 Å². The lowest BCUT2D eigenvalue weighted by Gasteiger charge is -2.47. The lowest BCUT2D eigenvalue weighted by atomic mass is 9.88. The predicted molar refractivity (Wildman–Crippen MR) is 67.9 cm³/mol. The van der Waals surface area contributed by atoms with Crippen LogP contribution < -0.4 is 5.32 Å². The first kappa shape index (κ1) is 12.0. The summed E-state index contributed by atoms with van der Waals surface area (Å²) >= 11 is 0. The van der Waals surface area contributed by atoms with E-state index in [1.54, 1.807) is 0 Å². The van der Waals surface area contributed by atoms with Crippen LogP contribution in [0.5, 0.6) is 0 Å². The van der Waals surface area contributed by atoms with E-state index in [2.05, 4.69) is 12.2 Å². The molecule has 100 valence electrons. The molecule has 3 fully saturated rings. The Morgan fingerprint density at radius 3 is 2.17 bits per heavy atom. The van der Waals surface area contributed by atoms with Crippen LogP contribution in [0.3, 0.4) is 0 Å². The summed E-state index contributed by atoms with van der Waals surface area (Å²) in [5.74, 6) is 0.216. The van der Waals surface area contributed by atoms with Gasteiger partial charge < -0.3 is 10.2 Å². The molecule has 18 heavy (non-hydrogen) atoms. The number of carbonyl (C=O) groups excluding carboxylic acids is 2. The number of nitrogens with one attached hydrogen (secondary N) is 1. The maximum absolute atomic E-state index is 12.8. The smallest absolute Gasteiger partial charge is 0.249 e. The molecular formula is C14H22N2O2. The molecule has 0 aromatic heterocycles. The van der Waals surface area contributed by atoms with Gasteiger partial charge in [0.2, 0.25) is 11.8 Å². The SMILES string of the molecule is CC1(N2CC(=O)NC3(CCCC3)C2=O)CCCC1. The molecule has 2 saturated carbocycles. The molecule has 1 aliphatic heterocycles. The summed E-state index contributed by atoms with van der Waals surface area (Å²) in [5.41, 5.74) is -0.634. The van der Waals surface area contributed by atoms with Gasteiger partial charge in [0, 0.05) is 5.54 Å². The normalized spacial score (nSPS) is 29.9. The van der Waals surface area contributed by atoms with Crippen molar-refractivity contribution in [2.24, 2.45) is 0 Å². The summed E-state index contributed by atoms with van der Waals surface area (Å²) in [6, 6.07) is 0. The van der Waals surface area contributed by atoms with Gasteiger partial charge in [-0.3, -0.25) is 9.59 Å². The molecule has 2 amide bonds. The molecule has 1 spiro atoms. The van der Waals surface area contributed by atoms with Gasteiger partial charge >= 0.3 is 0 Å². The van der Waals surface area contributed by atoms with Crippen molar-refractivity contribution in [3.05, 3.63) is 0 Å². The van der Waals surface area contributed by atoms with Gasteiger partial charge in [-0.2, -0.15) is 0 Å². The molecule has 1 saturated heterocycles. The van der Waals surface area contributed by atoms with Gasteiger partial charge in [0.25, 0.3) is 0 Å². The van der Waals surface area contributed by atoms with Gasteiger partial charge in [-0.25, -0.2) is 0 Å². The molecule has 4 heteroatoms. The van der Waals surface area contributed by atoms with Crippen LogP contribution in [0, 0.1) is 0 Å².